The minimum atomic E-state index is -0.700. The smallest absolute Gasteiger partial charge is 0.258 e. The van der Waals surface area contributed by atoms with Gasteiger partial charge in [-0.2, -0.15) is 0 Å². The molecule has 2 amide bonds. The summed E-state index contributed by atoms with van der Waals surface area (Å²) in [6, 6.07) is 14.2. The predicted molar refractivity (Wildman–Crippen MR) is 107 cm³/mol. The molecular formula is C20H15BrFN3O3. The lowest BCUT2D eigenvalue weighted by Crippen LogP contribution is -2.15. The van der Waals surface area contributed by atoms with Crippen LogP contribution in [0.3, 0.4) is 0 Å². The fraction of sp³-hybridized carbons (Fsp3) is 0.0500. The van der Waals surface area contributed by atoms with E-state index in [0.29, 0.717) is 23.0 Å². The average Bonchev–Trinajstić information content (AvgIpc) is 2.64. The van der Waals surface area contributed by atoms with Gasteiger partial charge in [-0.05, 0) is 42.5 Å². The van der Waals surface area contributed by atoms with Crippen molar-refractivity contribution in [2.24, 2.45) is 0 Å². The summed E-state index contributed by atoms with van der Waals surface area (Å²) < 4.78 is 20.5. The number of nitrogens with one attached hydrogen (secondary N) is 2. The molecule has 0 radical (unpaired) electrons. The van der Waals surface area contributed by atoms with Gasteiger partial charge in [0.15, 0.2) is 0 Å². The highest BCUT2D eigenvalue weighted by atomic mass is 79.9. The van der Waals surface area contributed by atoms with Crippen LogP contribution in [0.15, 0.2) is 65.3 Å². The number of benzene rings is 2. The number of rotatable bonds is 5. The fourth-order valence-electron chi connectivity index (χ4n) is 2.34. The van der Waals surface area contributed by atoms with Crippen LogP contribution in [0.2, 0.25) is 0 Å². The van der Waals surface area contributed by atoms with Gasteiger partial charge in [0.2, 0.25) is 11.8 Å². The van der Waals surface area contributed by atoms with E-state index in [1.807, 2.05) is 12.1 Å². The van der Waals surface area contributed by atoms with Crippen LogP contribution in [-0.2, 0) is 4.79 Å². The Balaban J connectivity index is 1.70. The Kier molecular flexibility index (Phi) is 6.00. The number of halogens is 2. The average molecular weight is 444 g/mol. The third kappa shape index (κ3) is 5.14. The highest BCUT2D eigenvalue weighted by Crippen LogP contribution is 2.24. The number of nitrogens with zero attached hydrogens (tertiary/aromatic N) is 1. The molecule has 0 saturated carbocycles. The lowest BCUT2D eigenvalue weighted by atomic mass is 10.1. The minimum absolute atomic E-state index is 0.194. The summed E-state index contributed by atoms with van der Waals surface area (Å²) in [6.07, 6.45) is 1.40. The van der Waals surface area contributed by atoms with E-state index in [-0.39, 0.29) is 11.5 Å². The standard InChI is InChI=1S/C20H15BrFN3O3/c1-12(26)24-14-5-7-18(22)17(10-14)20(27)25-15-6-8-19(23-11-15)28-16-4-2-3-13(21)9-16/h2-11H,1H3,(H,24,26)(H,25,27). The highest BCUT2D eigenvalue weighted by molar-refractivity contribution is 9.10. The quantitative estimate of drug-likeness (QED) is 0.582. The maximum atomic E-state index is 14.0. The summed E-state index contributed by atoms with van der Waals surface area (Å²) in [5.74, 6) is -0.727. The zero-order valence-corrected chi connectivity index (χ0v) is 16.3. The molecule has 2 N–H and O–H groups in total. The van der Waals surface area contributed by atoms with Crippen LogP contribution in [0.1, 0.15) is 17.3 Å². The first-order chi connectivity index (χ1) is 13.4. The van der Waals surface area contributed by atoms with Crippen LogP contribution in [0.4, 0.5) is 15.8 Å². The summed E-state index contributed by atoms with van der Waals surface area (Å²) in [7, 11) is 0. The number of anilines is 2. The third-order valence-electron chi connectivity index (χ3n) is 3.54. The van der Waals surface area contributed by atoms with Gasteiger partial charge in [0.05, 0.1) is 17.4 Å². The van der Waals surface area contributed by atoms with Gasteiger partial charge in [-0.15, -0.1) is 0 Å². The summed E-state index contributed by atoms with van der Waals surface area (Å²) in [5.41, 5.74) is 0.506. The first-order valence-electron chi connectivity index (χ1n) is 8.19. The van der Waals surface area contributed by atoms with Crippen molar-refractivity contribution in [2.45, 2.75) is 6.92 Å². The van der Waals surface area contributed by atoms with Crippen LogP contribution in [0, 0.1) is 5.82 Å². The summed E-state index contributed by atoms with van der Waals surface area (Å²) in [5, 5.41) is 5.07. The van der Waals surface area contributed by atoms with Crippen molar-refractivity contribution >= 4 is 39.1 Å². The first-order valence-corrected chi connectivity index (χ1v) is 8.98. The molecule has 0 saturated heterocycles. The van der Waals surface area contributed by atoms with Crippen LogP contribution >= 0.6 is 15.9 Å². The highest BCUT2D eigenvalue weighted by Gasteiger charge is 2.14. The fourth-order valence-corrected chi connectivity index (χ4v) is 2.72. The van der Waals surface area contributed by atoms with Gasteiger partial charge in [0.1, 0.15) is 11.6 Å². The number of ether oxygens (including phenoxy) is 1. The summed E-state index contributed by atoms with van der Waals surface area (Å²) in [6.45, 7) is 1.33. The van der Waals surface area contributed by atoms with Crippen molar-refractivity contribution < 1.29 is 18.7 Å². The van der Waals surface area contributed by atoms with E-state index < -0.39 is 11.7 Å². The lowest BCUT2D eigenvalue weighted by Gasteiger charge is -2.09. The maximum Gasteiger partial charge on any atom is 0.258 e. The van der Waals surface area contributed by atoms with Crippen LogP contribution in [0.25, 0.3) is 0 Å². The Morgan fingerprint density at radius 1 is 1.04 bits per heavy atom. The number of hydrogen-bond acceptors (Lipinski definition) is 4. The van der Waals surface area contributed by atoms with Gasteiger partial charge in [-0.3, -0.25) is 9.59 Å². The van der Waals surface area contributed by atoms with Gasteiger partial charge >= 0.3 is 0 Å². The Hall–Kier alpha value is -3.26. The molecule has 1 heterocycles. The number of amides is 2. The number of carbonyl (C=O) groups excluding carboxylic acids is 2. The molecule has 3 aromatic rings. The van der Waals surface area contributed by atoms with Crippen molar-refractivity contribution in [3.05, 3.63) is 76.6 Å². The molecule has 2 aromatic carbocycles. The molecular weight excluding hydrogens is 429 g/mol. The molecule has 1 aromatic heterocycles. The molecule has 142 valence electrons. The molecule has 28 heavy (non-hydrogen) atoms. The first kappa shape index (κ1) is 19.5. The molecule has 0 aliphatic rings. The molecule has 0 fully saturated rings. The SMILES string of the molecule is CC(=O)Nc1ccc(F)c(C(=O)Nc2ccc(Oc3cccc(Br)c3)nc2)c1. The van der Waals surface area contributed by atoms with Crippen molar-refractivity contribution in [3.8, 4) is 11.6 Å². The Morgan fingerprint density at radius 2 is 1.82 bits per heavy atom. The predicted octanol–water partition coefficient (Wildman–Crippen LogP) is 4.99. The van der Waals surface area contributed by atoms with Crippen LogP contribution in [0.5, 0.6) is 11.6 Å². The second-order valence-corrected chi connectivity index (χ2v) is 6.69. The molecule has 0 unspecified atom stereocenters. The topological polar surface area (TPSA) is 80.3 Å². The van der Waals surface area contributed by atoms with Crippen molar-refractivity contribution in [2.75, 3.05) is 10.6 Å². The number of hydrogen-bond donors (Lipinski definition) is 2. The molecule has 8 heteroatoms. The molecule has 3 rings (SSSR count). The van der Waals surface area contributed by atoms with Gasteiger partial charge in [-0.1, -0.05) is 22.0 Å². The monoisotopic (exact) mass is 443 g/mol. The van der Waals surface area contributed by atoms with E-state index >= 15 is 0 Å². The van der Waals surface area contributed by atoms with Gasteiger partial charge in [0.25, 0.3) is 5.91 Å². The molecule has 0 aliphatic carbocycles. The van der Waals surface area contributed by atoms with Crippen LogP contribution < -0.4 is 15.4 Å². The number of pyridine rings is 1. The van der Waals surface area contributed by atoms with Crippen molar-refractivity contribution in [1.29, 1.82) is 0 Å². The molecule has 6 nitrogen and oxygen atoms in total. The normalized spacial score (nSPS) is 10.2. The minimum Gasteiger partial charge on any atom is -0.439 e. The summed E-state index contributed by atoms with van der Waals surface area (Å²) >= 11 is 3.36. The van der Waals surface area contributed by atoms with Crippen LogP contribution in [-0.4, -0.2) is 16.8 Å². The zero-order valence-electron chi connectivity index (χ0n) is 14.7. The maximum absolute atomic E-state index is 14.0. The van der Waals surface area contributed by atoms with Gasteiger partial charge in [0, 0.05) is 23.2 Å². The van der Waals surface area contributed by atoms with Gasteiger partial charge < -0.3 is 15.4 Å². The number of carbonyl (C=O) groups is 2. The second kappa shape index (κ2) is 8.62. The molecule has 0 spiro atoms. The second-order valence-electron chi connectivity index (χ2n) is 5.77. The Morgan fingerprint density at radius 3 is 2.50 bits per heavy atom. The Bertz CT molecular complexity index is 1030. The van der Waals surface area contributed by atoms with E-state index in [1.165, 1.54) is 25.3 Å². The van der Waals surface area contributed by atoms with E-state index in [9.17, 15) is 14.0 Å². The third-order valence-corrected chi connectivity index (χ3v) is 4.04. The zero-order chi connectivity index (χ0) is 20.1. The van der Waals surface area contributed by atoms with E-state index in [1.54, 1.807) is 24.3 Å². The molecule has 0 bridgehead atoms. The van der Waals surface area contributed by atoms with Crippen molar-refractivity contribution in [3.63, 3.8) is 0 Å². The summed E-state index contributed by atoms with van der Waals surface area (Å²) in [4.78, 5) is 27.6. The van der Waals surface area contributed by atoms with E-state index in [0.717, 1.165) is 10.5 Å². The molecule has 0 atom stereocenters. The largest absolute Gasteiger partial charge is 0.439 e. The molecule has 0 aliphatic heterocycles. The van der Waals surface area contributed by atoms with E-state index in [4.69, 9.17) is 4.74 Å². The Labute approximate surface area is 168 Å². The lowest BCUT2D eigenvalue weighted by molar-refractivity contribution is -0.114. The van der Waals surface area contributed by atoms with Gasteiger partial charge in [-0.25, -0.2) is 9.37 Å². The van der Waals surface area contributed by atoms with E-state index in [2.05, 4.69) is 31.5 Å². The van der Waals surface area contributed by atoms with Crippen molar-refractivity contribution in [1.82, 2.24) is 4.98 Å². The number of aromatic nitrogens is 1.